The van der Waals surface area contributed by atoms with Gasteiger partial charge in [0.05, 0.1) is 24.7 Å². The van der Waals surface area contributed by atoms with Crippen LogP contribution < -0.4 is 26.6 Å². The van der Waals surface area contributed by atoms with E-state index in [0.29, 0.717) is 18.6 Å². The molecule has 0 bridgehead atoms. The van der Waals surface area contributed by atoms with Gasteiger partial charge in [-0.2, -0.15) is 11.8 Å². The van der Waals surface area contributed by atoms with Gasteiger partial charge < -0.3 is 41.5 Å². The monoisotopic (exact) mass is 1010 g/mol. The van der Waals surface area contributed by atoms with Gasteiger partial charge in [0.25, 0.3) is 0 Å². The molecule has 6 amide bonds. The van der Waals surface area contributed by atoms with E-state index in [1.54, 1.807) is 23.8 Å². The lowest BCUT2D eigenvalue weighted by molar-refractivity contribution is -0.145. The molecule has 9 atom stereocenters. The van der Waals surface area contributed by atoms with Crippen LogP contribution in [0.1, 0.15) is 151 Å². The van der Waals surface area contributed by atoms with Gasteiger partial charge in [-0.3, -0.25) is 28.8 Å². The summed E-state index contributed by atoms with van der Waals surface area (Å²) in [5.74, 6) is -2.10. The average Bonchev–Trinajstić information content (AvgIpc) is 3.83. The van der Waals surface area contributed by atoms with E-state index in [1.807, 2.05) is 84.9 Å². The molecule has 4 aliphatic rings. The molecule has 0 radical (unpaired) electrons. The third-order valence-corrected chi connectivity index (χ3v) is 17.1. The number of hydrogen-bond acceptors (Lipinski definition) is 9. The van der Waals surface area contributed by atoms with Crippen molar-refractivity contribution in [2.24, 2.45) is 11.3 Å². The fraction of sp³-hybridized carbons (Fsp3) is 0.579. The van der Waals surface area contributed by atoms with Crippen molar-refractivity contribution in [1.82, 2.24) is 36.4 Å². The van der Waals surface area contributed by atoms with Gasteiger partial charge in [0, 0.05) is 41.8 Å². The maximum atomic E-state index is 15.4. The number of carbonyl (C=O) groups excluding carboxylic acids is 6. The van der Waals surface area contributed by atoms with Crippen LogP contribution in [0.4, 0.5) is 0 Å². The summed E-state index contributed by atoms with van der Waals surface area (Å²) >= 11 is 1.39. The predicted octanol–water partition coefficient (Wildman–Crippen LogP) is 6.19. The summed E-state index contributed by atoms with van der Waals surface area (Å²) in [6.07, 6.45) is 6.41. The SMILES string of the molecule is CC[C@@H](C)C(=O)N[C@H](C(=O)N1Cc2cc(C3C[C@@H](C(=O)NC4CCCc5ccccc54)N(C(=O)[C@@H](NC(=O)[C@H](C)NC)C(C)(C)C)C3)ccc2C[C@H]1C(=O)NC1CCCc2ccccc21)C(C)(C)SCCO. The number of aliphatic hydroxyl groups is 1. The minimum Gasteiger partial charge on any atom is -0.396 e. The number of rotatable bonds is 17. The van der Waals surface area contributed by atoms with Gasteiger partial charge in [-0.05, 0) is 124 Å². The fourth-order valence-corrected chi connectivity index (χ4v) is 12.0. The number of amides is 6. The molecule has 3 aromatic rings. The number of likely N-dealkylation sites (tertiary alicyclic amines) is 1. The summed E-state index contributed by atoms with van der Waals surface area (Å²) in [6.45, 7) is 15.2. The number of fused-ring (bicyclic) bond motifs is 3. The van der Waals surface area contributed by atoms with Crippen molar-refractivity contribution in [2.75, 3.05) is 26.0 Å². The van der Waals surface area contributed by atoms with Crippen LogP contribution in [-0.2, 0) is 54.6 Å². The Hall–Kier alpha value is -5.25. The number of carbonyl (C=O) groups is 6. The Morgan fingerprint density at radius 3 is 1.86 bits per heavy atom. The number of nitrogens with one attached hydrogen (secondary N) is 5. The third-order valence-electron chi connectivity index (χ3n) is 15.8. The van der Waals surface area contributed by atoms with Crippen molar-refractivity contribution >= 4 is 47.2 Å². The quantitative estimate of drug-likeness (QED) is 0.0918. The first-order valence-electron chi connectivity index (χ1n) is 26.3. The minimum atomic E-state index is -1.02. The number of benzene rings is 3. The first kappa shape index (κ1) is 54.5. The molecule has 0 spiro atoms. The lowest BCUT2D eigenvalue weighted by atomic mass is 9.85. The maximum absolute atomic E-state index is 15.4. The summed E-state index contributed by atoms with van der Waals surface area (Å²) < 4.78 is -0.862. The number of nitrogens with zero attached hydrogens (tertiary/aromatic N) is 2. The first-order chi connectivity index (χ1) is 34.3. The molecular weight excluding hydrogens is 927 g/mol. The second-order valence-electron chi connectivity index (χ2n) is 22.2. The number of aliphatic hydroxyl groups excluding tert-OH is 1. The van der Waals surface area contributed by atoms with Crippen LogP contribution in [-0.4, -0.2) is 111 Å². The van der Waals surface area contributed by atoms with E-state index in [2.05, 4.69) is 56.9 Å². The molecule has 3 aromatic carbocycles. The van der Waals surface area contributed by atoms with Gasteiger partial charge in [0.2, 0.25) is 35.4 Å². The second-order valence-corrected chi connectivity index (χ2v) is 24.0. The summed E-state index contributed by atoms with van der Waals surface area (Å²) in [6, 6.07) is 17.8. The molecule has 390 valence electrons. The number of likely N-dealkylation sites (N-methyl/N-ethyl adjacent to an activating group) is 1. The van der Waals surface area contributed by atoms with Gasteiger partial charge in [-0.25, -0.2) is 0 Å². The highest BCUT2D eigenvalue weighted by Gasteiger charge is 2.48. The van der Waals surface area contributed by atoms with E-state index in [-0.39, 0.29) is 85.5 Å². The Labute approximate surface area is 431 Å². The molecule has 1 fully saturated rings. The van der Waals surface area contributed by atoms with Crippen LogP contribution >= 0.6 is 11.8 Å². The smallest absolute Gasteiger partial charge is 0.247 e. The molecule has 2 aliphatic heterocycles. The predicted molar refractivity (Wildman–Crippen MR) is 283 cm³/mol. The van der Waals surface area contributed by atoms with Gasteiger partial charge in [0.1, 0.15) is 24.2 Å². The molecule has 0 aromatic heterocycles. The first-order valence-corrected chi connectivity index (χ1v) is 27.3. The summed E-state index contributed by atoms with van der Waals surface area (Å²) in [5.41, 5.74) is 6.53. The molecule has 0 saturated carbocycles. The highest BCUT2D eigenvalue weighted by Crippen LogP contribution is 2.39. The summed E-state index contributed by atoms with van der Waals surface area (Å²) in [4.78, 5) is 90.3. The Morgan fingerprint density at radius 2 is 1.29 bits per heavy atom. The van der Waals surface area contributed by atoms with Crippen molar-refractivity contribution in [3.8, 4) is 0 Å². The zero-order valence-corrected chi connectivity index (χ0v) is 44.8. The van der Waals surface area contributed by atoms with Crippen LogP contribution in [0, 0.1) is 11.3 Å². The molecule has 2 aliphatic carbocycles. The third kappa shape index (κ3) is 12.2. The molecule has 6 N–H and O–H groups in total. The van der Waals surface area contributed by atoms with Gasteiger partial charge in [-0.15, -0.1) is 0 Å². The van der Waals surface area contributed by atoms with Crippen molar-refractivity contribution in [3.63, 3.8) is 0 Å². The zero-order valence-electron chi connectivity index (χ0n) is 43.9. The normalized spacial score (nSPS) is 22.5. The van der Waals surface area contributed by atoms with Crippen LogP contribution in [0.15, 0.2) is 66.7 Å². The van der Waals surface area contributed by atoms with Crippen LogP contribution in [0.25, 0.3) is 0 Å². The van der Waals surface area contributed by atoms with Crippen LogP contribution in [0.2, 0.25) is 0 Å². The van der Waals surface area contributed by atoms with Gasteiger partial charge in [-0.1, -0.05) is 101 Å². The second kappa shape index (κ2) is 23.3. The molecule has 3 unspecified atom stereocenters. The molecule has 2 heterocycles. The standard InChI is InChI=1S/C57H79N7O7S/c1-10-34(2)50(66)62-49(57(7,8)72-28-27-65)55(71)64-32-40-29-38(25-26-39(40)30-46(64)52(68)59-44-23-15-19-36-17-11-13-21-42(36)44)41-31-47(53(69)60-45-24-16-20-37-18-12-14-22-43(37)45)63(33-41)54(70)48(56(4,5)6)61-51(67)35(3)58-9/h11-14,17-18,21-22,25-26,29,34-35,41,44-49,58,65H,10,15-16,19-20,23-24,27-28,30-33H2,1-9H3,(H,59,68)(H,60,69)(H,61,67)(H,62,66)/t34-,35+,41?,44?,45?,46+,47+,48-,49-/m1/s1. The molecule has 1 saturated heterocycles. The van der Waals surface area contributed by atoms with Crippen LogP contribution in [0.3, 0.4) is 0 Å². The van der Waals surface area contributed by atoms with E-state index in [1.165, 1.54) is 22.9 Å². The summed E-state index contributed by atoms with van der Waals surface area (Å²) in [5, 5.41) is 25.6. The minimum absolute atomic E-state index is 0.0833. The molecule has 15 heteroatoms. The summed E-state index contributed by atoms with van der Waals surface area (Å²) in [7, 11) is 1.69. The number of hydrogen-bond donors (Lipinski definition) is 6. The maximum Gasteiger partial charge on any atom is 0.247 e. The van der Waals surface area contributed by atoms with Crippen molar-refractivity contribution < 1.29 is 33.9 Å². The zero-order chi connectivity index (χ0) is 52.1. The van der Waals surface area contributed by atoms with E-state index < -0.39 is 40.4 Å². The van der Waals surface area contributed by atoms with E-state index in [9.17, 15) is 24.3 Å². The lowest BCUT2D eigenvalue weighted by Crippen LogP contribution is -2.62. The van der Waals surface area contributed by atoms with Gasteiger partial charge >= 0.3 is 0 Å². The molecule has 72 heavy (non-hydrogen) atoms. The Morgan fingerprint density at radius 1 is 0.722 bits per heavy atom. The topological polar surface area (TPSA) is 189 Å². The highest BCUT2D eigenvalue weighted by molar-refractivity contribution is 8.00. The van der Waals surface area contributed by atoms with Crippen molar-refractivity contribution in [2.45, 2.75) is 173 Å². The molecular formula is C57H79N7O7S. The number of thioether (sulfide) groups is 1. The fourth-order valence-electron chi connectivity index (χ4n) is 11.0. The van der Waals surface area contributed by atoms with E-state index in [0.717, 1.165) is 66.3 Å². The highest BCUT2D eigenvalue weighted by atomic mass is 32.2. The largest absolute Gasteiger partial charge is 0.396 e. The number of aryl methyl sites for hydroxylation is 2. The van der Waals surface area contributed by atoms with E-state index in [4.69, 9.17) is 0 Å². The Kier molecular flexibility index (Phi) is 17.7. The van der Waals surface area contributed by atoms with Crippen LogP contribution in [0.5, 0.6) is 0 Å². The average molecular weight is 1010 g/mol. The molecule has 7 rings (SSSR count). The Bertz CT molecular complexity index is 2470. The Balaban J connectivity index is 1.24. The lowest BCUT2D eigenvalue weighted by Gasteiger charge is -2.42. The van der Waals surface area contributed by atoms with Crippen molar-refractivity contribution in [1.29, 1.82) is 0 Å². The van der Waals surface area contributed by atoms with Crippen molar-refractivity contribution in [3.05, 3.63) is 106 Å². The van der Waals surface area contributed by atoms with Gasteiger partial charge in [0.15, 0.2) is 0 Å². The van der Waals surface area contributed by atoms with E-state index >= 15 is 9.59 Å². The molecule has 14 nitrogen and oxygen atoms in total.